The van der Waals surface area contributed by atoms with Crippen LogP contribution in [0.4, 0.5) is 0 Å². The Hall–Kier alpha value is -1.53. The topological polar surface area (TPSA) is 228 Å². The zero-order valence-corrected chi connectivity index (χ0v) is 31.3. The Bertz CT molecular complexity index is 983. The molecule has 0 radical (unpaired) electrons. The molecule has 0 saturated carbocycles. The van der Waals surface area contributed by atoms with Gasteiger partial charge in [0.1, 0.15) is 48.8 Å². The van der Waals surface area contributed by atoms with Gasteiger partial charge in [0.15, 0.2) is 12.6 Å². The van der Waals surface area contributed by atoms with Crippen molar-refractivity contribution in [2.75, 3.05) is 19.8 Å². The van der Waals surface area contributed by atoms with Crippen molar-refractivity contribution in [1.29, 1.82) is 0 Å². The van der Waals surface area contributed by atoms with Crippen molar-refractivity contribution in [3.63, 3.8) is 0 Å². The van der Waals surface area contributed by atoms with Crippen LogP contribution < -0.4 is 5.32 Å². The number of carbonyl (C=O) groups excluding carboxylic acids is 1. The minimum atomic E-state index is -1.78. The Morgan fingerprint density at radius 1 is 0.673 bits per heavy atom. The van der Waals surface area contributed by atoms with E-state index in [1.807, 2.05) is 13.0 Å². The molecule has 2 heterocycles. The van der Waals surface area contributed by atoms with Crippen LogP contribution in [0.15, 0.2) is 24.3 Å². The number of amides is 1. The van der Waals surface area contributed by atoms with Gasteiger partial charge in [0.2, 0.25) is 5.91 Å². The van der Waals surface area contributed by atoms with Gasteiger partial charge in [-0.2, -0.15) is 0 Å². The van der Waals surface area contributed by atoms with Crippen LogP contribution in [0.3, 0.4) is 0 Å². The van der Waals surface area contributed by atoms with Gasteiger partial charge in [0, 0.05) is 6.42 Å². The molecular weight excluding hydrogens is 678 g/mol. The molecule has 2 aliphatic rings. The van der Waals surface area contributed by atoms with Crippen LogP contribution in [0.2, 0.25) is 0 Å². The zero-order chi connectivity index (χ0) is 38.3. The summed E-state index contributed by atoms with van der Waals surface area (Å²) in [6, 6.07) is -0.920. The van der Waals surface area contributed by atoms with E-state index in [1.165, 1.54) is 57.8 Å². The van der Waals surface area contributed by atoms with Gasteiger partial charge in [-0.3, -0.25) is 4.79 Å². The van der Waals surface area contributed by atoms with E-state index >= 15 is 0 Å². The number of rotatable bonds is 27. The maximum absolute atomic E-state index is 12.7. The minimum absolute atomic E-state index is 0.259. The van der Waals surface area contributed by atoms with Gasteiger partial charge < -0.3 is 65.1 Å². The van der Waals surface area contributed by atoms with Gasteiger partial charge in [-0.05, 0) is 32.1 Å². The quantitative estimate of drug-likeness (QED) is 0.0433. The third kappa shape index (κ3) is 16.5. The number of allylic oxidation sites excluding steroid dienone is 3. The molecular formula is C38H69NO13. The highest BCUT2D eigenvalue weighted by atomic mass is 16.7. The molecule has 2 aliphatic heterocycles. The first kappa shape index (κ1) is 46.6. The number of aliphatic hydroxyl groups is 8. The van der Waals surface area contributed by atoms with Gasteiger partial charge in [0.25, 0.3) is 0 Å². The molecule has 9 N–H and O–H groups in total. The maximum atomic E-state index is 12.7. The molecule has 2 saturated heterocycles. The van der Waals surface area contributed by atoms with Crippen molar-refractivity contribution in [2.24, 2.45) is 0 Å². The standard InChI is InChI=1S/C38H69NO13/c1-3-5-7-8-9-10-11-12-13-14-15-16-17-18-20-21-27(42)26(39-30(43)22-19-6-4-2)25-49-37-35(48)33(46)36(29(24-41)51-37)52-38-34(47)32(45)31(44)28(23-40)50-38/h15-16,20-21,26-29,31-38,40-42,44-48H,3-14,17-19,22-25H2,1-2H3,(H,39,43)/b16-15+,21-20+. The van der Waals surface area contributed by atoms with Crippen LogP contribution >= 0.6 is 0 Å². The maximum Gasteiger partial charge on any atom is 0.220 e. The molecule has 0 aromatic carbocycles. The molecule has 12 atom stereocenters. The van der Waals surface area contributed by atoms with Crippen molar-refractivity contribution in [2.45, 2.75) is 190 Å². The summed E-state index contributed by atoms with van der Waals surface area (Å²) in [6.07, 6.45) is 7.70. The fourth-order valence-corrected chi connectivity index (χ4v) is 6.30. The third-order valence-electron chi connectivity index (χ3n) is 9.64. The van der Waals surface area contributed by atoms with Crippen LogP contribution in [0.25, 0.3) is 0 Å². The minimum Gasteiger partial charge on any atom is -0.394 e. The van der Waals surface area contributed by atoms with E-state index in [4.69, 9.17) is 18.9 Å². The Balaban J connectivity index is 1.90. The van der Waals surface area contributed by atoms with E-state index in [1.54, 1.807) is 6.08 Å². The average molecular weight is 748 g/mol. The van der Waals surface area contributed by atoms with Gasteiger partial charge in [0.05, 0.1) is 32.0 Å². The lowest BCUT2D eigenvalue weighted by molar-refractivity contribution is -0.359. The first-order chi connectivity index (χ1) is 25.1. The number of carbonyl (C=O) groups is 1. The summed E-state index contributed by atoms with van der Waals surface area (Å²) in [7, 11) is 0. The molecule has 52 heavy (non-hydrogen) atoms. The Morgan fingerprint density at radius 3 is 1.88 bits per heavy atom. The summed E-state index contributed by atoms with van der Waals surface area (Å²) in [5, 5.41) is 85.6. The molecule has 304 valence electrons. The van der Waals surface area contributed by atoms with Crippen LogP contribution in [-0.4, -0.2) is 140 Å². The summed E-state index contributed by atoms with van der Waals surface area (Å²) >= 11 is 0. The van der Waals surface area contributed by atoms with E-state index in [0.29, 0.717) is 12.8 Å². The molecule has 14 heteroatoms. The van der Waals surface area contributed by atoms with Crippen molar-refractivity contribution in [3.05, 3.63) is 24.3 Å². The molecule has 2 rings (SSSR count). The molecule has 0 spiro atoms. The largest absolute Gasteiger partial charge is 0.394 e. The SMILES string of the molecule is CCCCCCCCCCC/C=C/CC/C=C/C(O)C(COC1OC(CO)C(OC2OC(CO)C(O)C(O)C2O)C(O)C1O)NC(=O)CCCCC. The highest BCUT2D eigenvalue weighted by Crippen LogP contribution is 2.29. The first-order valence-corrected chi connectivity index (χ1v) is 19.6. The summed E-state index contributed by atoms with van der Waals surface area (Å²) < 4.78 is 22.4. The number of hydrogen-bond donors (Lipinski definition) is 9. The highest BCUT2D eigenvalue weighted by molar-refractivity contribution is 5.76. The number of hydrogen-bond acceptors (Lipinski definition) is 13. The second-order valence-corrected chi connectivity index (χ2v) is 14.1. The lowest BCUT2D eigenvalue weighted by Crippen LogP contribution is -2.65. The zero-order valence-electron chi connectivity index (χ0n) is 31.3. The van der Waals surface area contributed by atoms with E-state index < -0.39 is 86.8 Å². The lowest BCUT2D eigenvalue weighted by Gasteiger charge is -2.46. The van der Waals surface area contributed by atoms with E-state index in [2.05, 4.69) is 24.4 Å². The summed E-state index contributed by atoms with van der Waals surface area (Å²) in [6.45, 7) is 2.53. The fourth-order valence-electron chi connectivity index (χ4n) is 6.30. The summed E-state index contributed by atoms with van der Waals surface area (Å²) in [4.78, 5) is 12.7. The highest BCUT2D eigenvalue weighted by Gasteiger charge is 2.50. The molecule has 14 nitrogen and oxygen atoms in total. The summed E-state index contributed by atoms with van der Waals surface area (Å²) in [5.41, 5.74) is 0. The Morgan fingerprint density at radius 2 is 1.23 bits per heavy atom. The Labute approximate surface area is 309 Å². The molecule has 0 aromatic heterocycles. The molecule has 1 amide bonds. The number of aliphatic hydroxyl groups excluding tert-OH is 8. The second-order valence-electron chi connectivity index (χ2n) is 14.1. The van der Waals surface area contributed by atoms with Crippen molar-refractivity contribution < 1.29 is 64.6 Å². The normalized spacial score (nSPS) is 31.0. The third-order valence-corrected chi connectivity index (χ3v) is 9.64. The second kappa shape index (κ2) is 27.1. The molecule has 0 bridgehead atoms. The number of ether oxygens (including phenoxy) is 4. The molecule has 12 unspecified atom stereocenters. The van der Waals surface area contributed by atoms with E-state index in [0.717, 1.165) is 25.7 Å². The van der Waals surface area contributed by atoms with Crippen molar-refractivity contribution in [3.8, 4) is 0 Å². The lowest BCUT2D eigenvalue weighted by atomic mass is 9.97. The number of nitrogens with one attached hydrogen (secondary N) is 1. The van der Waals surface area contributed by atoms with Crippen molar-refractivity contribution in [1.82, 2.24) is 5.32 Å². The number of unbranched alkanes of at least 4 members (excludes halogenated alkanes) is 12. The predicted molar refractivity (Wildman–Crippen MR) is 194 cm³/mol. The summed E-state index contributed by atoms with van der Waals surface area (Å²) in [5.74, 6) is -0.278. The van der Waals surface area contributed by atoms with Crippen molar-refractivity contribution >= 4 is 5.91 Å². The fraction of sp³-hybridized carbons (Fsp3) is 0.868. The van der Waals surface area contributed by atoms with Crippen LogP contribution in [0, 0.1) is 0 Å². The van der Waals surface area contributed by atoms with E-state index in [-0.39, 0.29) is 18.9 Å². The average Bonchev–Trinajstić information content (AvgIpc) is 3.14. The van der Waals surface area contributed by atoms with Crippen LogP contribution in [0.1, 0.15) is 117 Å². The monoisotopic (exact) mass is 747 g/mol. The van der Waals surface area contributed by atoms with Gasteiger partial charge >= 0.3 is 0 Å². The van der Waals surface area contributed by atoms with Crippen LogP contribution in [0.5, 0.6) is 0 Å². The predicted octanol–water partition coefficient (Wildman–Crippen LogP) is 1.87. The molecule has 0 aliphatic carbocycles. The first-order valence-electron chi connectivity index (χ1n) is 19.6. The van der Waals surface area contributed by atoms with Gasteiger partial charge in [-0.25, -0.2) is 0 Å². The van der Waals surface area contributed by atoms with Gasteiger partial charge in [-0.1, -0.05) is 102 Å². The Kier molecular flexibility index (Phi) is 24.3. The van der Waals surface area contributed by atoms with E-state index in [9.17, 15) is 45.6 Å². The molecule has 0 aromatic rings. The van der Waals surface area contributed by atoms with Gasteiger partial charge in [-0.15, -0.1) is 0 Å². The molecule has 2 fully saturated rings. The smallest absolute Gasteiger partial charge is 0.220 e. The van der Waals surface area contributed by atoms with Crippen LogP contribution in [-0.2, 0) is 23.7 Å².